The zero-order valence-corrected chi connectivity index (χ0v) is 19.1. The van der Waals surface area contributed by atoms with Gasteiger partial charge in [-0.15, -0.1) is 0 Å². The third kappa shape index (κ3) is 4.78. The molecular formula is C25H27N3O3S. The van der Waals surface area contributed by atoms with E-state index in [1.165, 1.54) is 11.1 Å². The highest BCUT2D eigenvalue weighted by atomic mass is 32.2. The first kappa shape index (κ1) is 21.9. The van der Waals surface area contributed by atoms with Crippen LogP contribution in [0, 0.1) is 13.8 Å². The van der Waals surface area contributed by atoms with E-state index in [2.05, 4.69) is 36.8 Å². The first-order chi connectivity index (χ1) is 15.3. The molecule has 4 rings (SSSR count). The highest BCUT2D eigenvalue weighted by molar-refractivity contribution is 7.92. The summed E-state index contributed by atoms with van der Waals surface area (Å²) >= 11 is 0. The maximum atomic E-state index is 13.2. The van der Waals surface area contributed by atoms with Gasteiger partial charge in [-0.2, -0.15) is 0 Å². The van der Waals surface area contributed by atoms with E-state index in [0.29, 0.717) is 31.0 Å². The van der Waals surface area contributed by atoms with Crippen molar-refractivity contribution in [3.8, 4) is 0 Å². The molecule has 1 N–H and O–H groups in total. The van der Waals surface area contributed by atoms with Gasteiger partial charge >= 0.3 is 6.03 Å². The number of hydrogen-bond donors (Lipinski definition) is 1. The fourth-order valence-corrected chi connectivity index (χ4v) is 4.91. The molecule has 3 aromatic rings. The van der Waals surface area contributed by atoms with Gasteiger partial charge in [0.1, 0.15) is 0 Å². The van der Waals surface area contributed by atoms with Crippen molar-refractivity contribution in [2.24, 2.45) is 0 Å². The number of hydrogen-bond acceptors (Lipinski definition) is 3. The van der Waals surface area contributed by atoms with Gasteiger partial charge in [0.15, 0.2) is 0 Å². The van der Waals surface area contributed by atoms with Crippen molar-refractivity contribution in [3.05, 3.63) is 89.5 Å². The van der Waals surface area contributed by atoms with Crippen LogP contribution in [0.2, 0.25) is 0 Å². The van der Waals surface area contributed by atoms with Gasteiger partial charge in [-0.3, -0.25) is 9.62 Å². The second-order valence-corrected chi connectivity index (χ2v) is 9.78. The number of benzene rings is 3. The highest BCUT2D eigenvalue weighted by Gasteiger charge is 2.27. The number of anilines is 2. The Morgan fingerprint density at radius 2 is 1.66 bits per heavy atom. The van der Waals surface area contributed by atoms with E-state index in [0.717, 1.165) is 12.0 Å². The molecule has 7 heteroatoms. The average molecular weight is 450 g/mol. The molecule has 0 aliphatic carbocycles. The monoisotopic (exact) mass is 449 g/mol. The molecule has 1 aliphatic heterocycles. The molecule has 0 atom stereocenters. The first-order valence-corrected chi connectivity index (χ1v) is 12.1. The summed E-state index contributed by atoms with van der Waals surface area (Å²) in [5, 5.41) is 0. The highest BCUT2D eigenvalue weighted by Crippen LogP contribution is 2.26. The van der Waals surface area contributed by atoms with Crippen LogP contribution in [0.5, 0.6) is 0 Å². The van der Waals surface area contributed by atoms with Crippen LogP contribution in [0.25, 0.3) is 0 Å². The van der Waals surface area contributed by atoms with Crippen molar-refractivity contribution < 1.29 is 13.2 Å². The third-order valence-corrected chi connectivity index (χ3v) is 7.12. The van der Waals surface area contributed by atoms with Crippen LogP contribution in [-0.4, -0.2) is 32.4 Å². The molecule has 6 nitrogen and oxygen atoms in total. The molecular weight excluding hydrogens is 422 g/mol. The topological polar surface area (TPSA) is 69.7 Å². The van der Waals surface area contributed by atoms with E-state index in [-0.39, 0.29) is 10.9 Å². The van der Waals surface area contributed by atoms with E-state index >= 15 is 0 Å². The summed E-state index contributed by atoms with van der Waals surface area (Å²) in [6, 6.07) is 21.4. The fraction of sp³-hybridized carbons (Fsp3) is 0.240. The Bertz CT molecular complexity index is 1230. The lowest BCUT2D eigenvalue weighted by atomic mass is 10.1. The van der Waals surface area contributed by atoms with E-state index in [1.807, 2.05) is 11.0 Å². The molecule has 0 spiro atoms. The largest absolute Gasteiger partial charge is 0.324 e. The Morgan fingerprint density at radius 1 is 0.875 bits per heavy atom. The molecule has 1 aliphatic rings. The Labute approximate surface area is 189 Å². The lowest BCUT2D eigenvalue weighted by Gasteiger charge is -2.36. The molecule has 32 heavy (non-hydrogen) atoms. The Balaban J connectivity index is 1.52. The van der Waals surface area contributed by atoms with Gasteiger partial charge in [-0.1, -0.05) is 42.5 Å². The molecule has 0 unspecified atom stereocenters. The van der Waals surface area contributed by atoms with Crippen LogP contribution in [-0.2, 0) is 16.6 Å². The van der Waals surface area contributed by atoms with Crippen LogP contribution >= 0.6 is 0 Å². The fourth-order valence-electron chi connectivity index (χ4n) is 3.84. The van der Waals surface area contributed by atoms with E-state index < -0.39 is 10.0 Å². The minimum atomic E-state index is -3.70. The number of nitrogens with zero attached hydrogens (tertiary/aromatic N) is 2. The lowest BCUT2D eigenvalue weighted by Crippen LogP contribution is -2.49. The Kier molecular flexibility index (Phi) is 6.19. The normalized spacial score (nSPS) is 14.5. The van der Waals surface area contributed by atoms with Crippen molar-refractivity contribution in [3.63, 3.8) is 0 Å². The van der Waals surface area contributed by atoms with Crippen molar-refractivity contribution in [2.45, 2.75) is 31.7 Å². The molecule has 0 radical (unpaired) electrons. The van der Waals surface area contributed by atoms with Crippen LogP contribution in [0.4, 0.5) is 16.2 Å². The van der Waals surface area contributed by atoms with Crippen LogP contribution in [0.15, 0.2) is 77.7 Å². The van der Waals surface area contributed by atoms with E-state index in [9.17, 15) is 13.2 Å². The summed E-state index contributed by atoms with van der Waals surface area (Å²) in [5.41, 5.74) is 4.64. The zero-order chi connectivity index (χ0) is 22.7. The van der Waals surface area contributed by atoms with Crippen LogP contribution in [0.3, 0.4) is 0 Å². The number of rotatable bonds is 6. The van der Waals surface area contributed by atoms with Crippen molar-refractivity contribution in [1.82, 2.24) is 4.90 Å². The summed E-state index contributed by atoms with van der Waals surface area (Å²) in [5.74, 6) is 0. The second-order valence-electron chi connectivity index (χ2n) is 8.10. The quantitative estimate of drug-likeness (QED) is 0.580. The van der Waals surface area contributed by atoms with Crippen LogP contribution in [0.1, 0.15) is 23.1 Å². The SMILES string of the molecule is Cc1ccc(CN2CCCN(c3cccc(NS(=O)(=O)c4ccccc4)c3)C2=O)cc1C. The summed E-state index contributed by atoms with van der Waals surface area (Å²) in [6.07, 6.45) is 0.844. The molecule has 0 bridgehead atoms. The molecule has 2 amide bonds. The van der Waals surface area contributed by atoms with Gasteiger partial charge in [-0.25, -0.2) is 13.2 Å². The van der Waals surface area contributed by atoms with E-state index in [1.54, 1.807) is 53.4 Å². The Morgan fingerprint density at radius 3 is 2.41 bits per heavy atom. The van der Waals surface area contributed by atoms with Gasteiger partial charge in [0.2, 0.25) is 0 Å². The molecule has 1 saturated heterocycles. The summed E-state index contributed by atoms with van der Waals surface area (Å²) in [4.78, 5) is 17.0. The van der Waals surface area contributed by atoms with Gasteiger partial charge in [0.25, 0.3) is 10.0 Å². The van der Waals surface area contributed by atoms with Gasteiger partial charge in [0, 0.05) is 25.3 Å². The number of aryl methyl sites for hydroxylation is 2. The molecule has 166 valence electrons. The average Bonchev–Trinajstić information content (AvgIpc) is 2.78. The smallest absolute Gasteiger partial charge is 0.320 e. The summed E-state index contributed by atoms with van der Waals surface area (Å²) in [6.45, 7) is 5.99. The molecule has 0 saturated carbocycles. The second kappa shape index (κ2) is 9.04. The van der Waals surface area contributed by atoms with Gasteiger partial charge in [-0.05, 0) is 67.3 Å². The first-order valence-electron chi connectivity index (χ1n) is 10.6. The number of urea groups is 1. The lowest BCUT2D eigenvalue weighted by molar-refractivity contribution is 0.192. The summed E-state index contributed by atoms with van der Waals surface area (Å²) < 4.78 is 27.9. The third-order valence-electron chi connectivity index (χ3n) is 5.72. The summed E-state index contributed by atoms with van der Waals surface area (Å²) in [7, 11) is -3.70. The molecule has 3 aromatic carbocycles. The van der Waals surface area contributed by atoms with Crippen molar-refractivity contribution in [1.29, 1.82) is 0 Å². The maximum absolute atomic E-state index is 13.2. The minimum absolute atomic E-state index is 0.0717. The van der Waals surface area contributed by atoms with Gasteiger partial charge < -0.3 is 4.90 Å². The standard InChI is InChI=1S/C25H27N3O3S/c1-19-12-13-21(16-20(19)2)18-27-14-7-15-28(25(27)29)23-9-6-8-22(17-23)26-32(30,31)24-10-4-3-5-11-24/h3-6,8-13,16-17,26H,7,14-15,18H2,1-2H3. The number of carbonyl (C=O) groups excluding carboxylic acids is 1. The predicted molar refractivity (Wildman–Crippen MR) is 127 cm³/mol. The Hall–Kier alpha value is -3.32. The number of amides is 2. The van der Waals surface area contributed by atoms with Crippen LogP contribution < -0.4 is 9.62 Å². The van der Waals surface area contributed by atoms with Crippen molar-refractivity contribution >= 4 is 27.4 Å². The number of carbonyl (C=O) groups is 1. The van der Waals surface area contributed by atoms with Gasteiger partial charge in [0.05, 0.1) is 10.6 Å². The number of nitrogens with one attached hydrogen (secondary N) is 1. The molecule has 1 fully saturated rings. The zero-order valence-electron chi connectivity index (χ0n) is 18.3. The predicted octanol–water partition coefficient (Wildman–Crippen LogP) is 4.94. The molecule has 0 aromatic heterocycles. The van der Waals surface area contributed by atoms with Crippen molar-refractivity contribution in [2.75, 3.05) is 22.7 Å². The minimum Gasteiger partial charge on any atom is -0.320 e. The molecule has 1 heterocycles. The number of sulfonamides is 1. The van der Waals surface area contributed by atoms with E-state index in [4.69, 9.17) is 0 Å². The maximum Gasteiger partial charge on any atom is 0.324 e.